The highest BCUT2D eigenvalue weighted by molar-refractivity contribution is 14.1. The van der Waals surface area contributed by atoms with Gasteiger partial charge in [0.1, 0.15) is 5.75 Å². The Morgan fingerprint density at radius 2 is 2.19 bits per heavy atom. The molecule has 0 amide bonds. The largest absolute Gasteiger partial charge is 0.435 e. The van der Waals surface area contributed by atoms with E-state index in [1.165, 1.54) is 12.1 Å². The molecule has 2 nitrogen and oxygen atoms in total. The molecule has 0 saturated carbocycles. The van der Waals surface area contributed by atoms with Crippen LogP contribution in [0, 0.1) is 3.57 Å². The molecule has 1 aromatic carbocycles. The average Bonchev–Trinajstić information content (AvgIpc) is 2.20. The lowest BCUT2D eigenvalue weighted by molar-refractivity contribution is -0.0498. The summed E-state index contributed by atoms with van der Waals surface area (Å²) in [4.78, 5) is 11.6. The Morgan fingerprint density at radius 3 is 2.75 bits per heavy atom. The molecule has 88 valence electrons. The van der Waals surface area contributed by atoms with Gasteiger partial charge in [-0.25, -0.2) is 0 Å². The third-order valence-electron chi connectivity index (χ3n) is 1.78. The molecule has 1 rings (SSSR count). The first kappa shape index (κ1) is 13.8. The summed E-state index contributed by atoms with van der Waals surface area (Å²) in [5.74, 6) is -0.0886. The molecule has 0 aromatic heterocycles. The number of ether oxygens (including phenoxy) is 1. The molecule has 0 saturated heterocycles. The number of benzene rings is 1. The molecule has 0 N–H and O–H groups in total. The minimum atomic E-state index is -2.88. The minimum Gasteiger partial charge on any atom is -0.435 e. The number of halogens is 4. The predicted molar refractivity (Wildman–Crippen MR) is 68.5 cm³/mol. The molecule has 0 bridgehead atoms. The number of hydrogen-bond acceptors (Lipinski definition) is 2. The van der Waals surface area contributed by atoms with E-state index in [0.29, 0.717) is 17.3 Å². The summed E-state index contributed by atoms with van der Waals surface area (Å²) < 4.78 is 28.9. The molecule has 0 unspecified atom stereocenters. The first-order valence-corrected chi connectivity index (χ1v) is 6.58. The number of rotatable bonds is 5. The Labute approximate surface area is 114 Å². The van der Waals surface area contributed by atoms with Crippen molar-refractivity contribution in [3.8, 4) is 5.75 Å². The van der Waals surface area contributed by atoms with Crippen molar-refractivity contribution < 1.29 is 18.3 Å². The van der Waals surface area contributed by atoms with Crippen LogP contribution in [-0.2, 0) is 0 Å². The fourth-order valence-electron chi connectivity index (χ4n) is 1.11. The van der Waals surface area contributed by atoms with Gasteiger partial charge in [0.05, 0.1) is 0 Å². The Kier molecular flexibility index (Phi) is 5.60. The molecule has 0 radical (unpaired) electrons. The molecule has 6 heteroatoms. The first-order chi connectivity index (χ1) is 7.54. The standard InChI is InChI=1S/C10H8BrF2IO2/c11-4-3-9(15)7-5-6(16-10(12)13)1-2-8(7)14/h1-2,5,10H,3-4H2. The zero-order valence-electron chi connectivity index (χ0n) is 8.05. The second-order valence-electron chi connectivity index (χ2n) is 2.88. The average molecular weight is 405 g/mol. The van der Waals surface area contributed by atoms with Gasteiger partial charge in [-0.2, -0.15) is 8.78 Å². The minimum absolute atomic E-state index is 0.00772. The van der Waals surface area contributed by atoms with Gasteiger partial charge >= 0.3 is 6.61 Å². The van der Waals surface area contributed by atoms with E-state index in [0.717, 1.165) is 3.57 Å². The Hall–Kier alpha value is -0.240. The predicted octanol–water partition coefficient (Wildman–Crippen LogP) is 3.86. The van der Waals surface area contributed by atoms with Crippen LogP contribution < -0.4 is 4.74 Å². The highest BCUT2D eigenvalue weighted by atomic mass is 127. The van der Waals surface area contributed by atoms with Crippen molar-refractivity contribution in [2.24, 2.45) is 0 Å². The fourth-order valence-corrected chi connectivity index (χ4v) is 2.11. The van der Waals surface area contributed by atoms with Gasteiger partial charge in [-0.1, -0.05) is 15.9 Å². The molecular weight excluding hydrogens is 397 g/mol. The highest BCUT2D eigenvalue weighted by Crippen LogP contribution is 2.22. The van der Waals surface area contributed by atoms with Crippen molar-refractivity contribution in [1.29, 1.82) is 0 Å². The molecule has 0 aliphatic rings. The van der Waals surface area contributed by atoms with Gasteiger partial charge in [0, 0.05) is 20.9 Å². The third kappa shape index (κ3) is 3.97. The normalized spacial score (nSPS) is 10.6. The van der Waals surface area contributed by atoms with E-state index in [-0.39, 0.29) is 11.5 Å². The van der Waals surface area contributed by atoms with Crippen LogP contribution >= 0.6 is 38.5 Å². The zero-order valence-corrected chi connectivity index (χ0v) is 11.8. The monoisotopic (exact) mass is 404 g/mol. The summed E-state index contributed by atoms with van der Waals surface area (Å²) in [6, 6.07) is 4.34. The lowest BCUT2D eigenvalue weighted by atomic mass is 10.1. The number of carbonyl (C=O) groups is 1. The van der Waals surface area contributed by atoms with Crippen molar-refractivity contribution in [3.63, 3.8) is 0 Å². The Bertz CT molecular complexity index is 385. The maximum Gasteiger partial charge on any atom is 0.387 e. The van der Waals surface area contributed by atoms with Gasteiger partial charge < -0.3 is 4.74 Å². The molecule has 0 spiro atoms. The van der Waals surface area contributed by atoms with Crippen LogP contribution in [0.1, 0.15) is 16.8 Å². The summed E-state index contributed by atoms with van der Waals surface area (Å²) in [5, 5.41) is 0.543. The lowest BCUT2D eigenvalue weighted by Gasteiger charge is -2.07. The Balaban J connectivity index is 2.94. The van der Waals surface area contributed by atoms with Crippen molar-refractivity contribution in [2.75, 3.05) is 5.33 Å². The summed E-state index contributed by atoms with van der Waals surface area (Å²) in [6.45, 7) is -2.88. The molecule has 0 aliphatic carbocycles. The maximum atomic E-state index is 12.0. The molecule has 16 heavy (non-hydrogen) atoms. The van der Waals surface area contributed by atoms with Crippen LogP contribution in [0.4, 0.5) is 8.78 Å². The van der Waals surface area contributed by atoms with Crippen LogP contribution in [0.2, 0.25) is 0 Å². The first-order valence-electron chi connectivity index (χ1n) is 4.38. The van der Waals surface area contributed by atoms with Crippen LogP contribution in [-0.4, -0.2) is 17.7 Å². The SMILES string of the molecule is O=C(CCBr)c1cc(OC(F)F)ccc1I. The van der Waals surface area contributed by atoms with Gasteiger partial charge in [-0.05, 0) is 40.8 Å². The number of ketones is 1. The van der Waals surface area contributed by atoms with Crippen molar-refractivity contribution in [1.82, 2.24) is 0 Å². The summed E-state index contributed by atoms with van der Waals surface area (Å²) in [6.07, 6.45) is 0.328. The van der Waals surface area contributed by atoms with Crippen molar-refractivity contribution >= 4 is 44.3 Å². The Morgan fingerprint density at radius 1 is 1.50 bits per heavy atom. The van der Waals surface area contributed by atoms with E-state index in [4.69, 9.17) is 0 Å². The van der Waals surface area contributed by atoms with Crippen LogP contribution in [0.5, 0.6) is 5.75 Å². The number of hydrogen-bond donors (Lipinski definition) is 0. The van der Waals surface area contributed by atoms with Crippen molar-refractivity contribution in [2.45, 2.75) is 13.0 Å². The van der Waals surface area contributed by atoms with E-state index in [1.807, 2.05) is 22.6 Å². The second kappa shape index (κ2) is 6.48. The van der Waals surface area contributed by atoms with E-state index >= 15 is 0 Å². The summed E-state index contributed by atoms with van der Waals surface area (Å²) in [5.41, 5.74) is 0.415. The van der Waals surface area contributed by atoms with Crippen molar-refractivity contribution in [3.05, 3.63) is 27.3 Å². The quantitative estimate of drug-likeness (QED) is 0.423. The van der Waals surface area contributed by atoms with Crippen LogP contribution in [0.25, 0.3) is 0 Å². The summed E-state index contributed by atoms with van der Waals surface area (Å²) >= 11 is 5.14. The topological polar surface area (TPSA) is 26.3 Å². The fraction of sp³-hybridized carbons (Fsp3) is 0.300. The molecule has 0 aliphatic heterocycles. The van der Waals surface area contributed by atoms with Crippen LogP contribution in [0.15, 0.2) is 18.2 Å². The van der Waals surface area contributed by atoms with Gasteiger partial charge in [0.2, 0.25) is 0 Å². The van der Waals surface area contributed by atoms with E-state index in [1.54, 1.807) is 6.07 Å². The molecule has 1 aromatic rings. The van der Waals surface area contributed by atoms with E-state index in [2.05, 4.69) is 20.7 Å². The molecule has 0 heterocycles. The number of Topliss-reactive ketones (excluding diaryl/α,β-unsaturated/α-hetero) is 1. The van der Waals surface area contributed by atoms with E-state index in [9.17, 15) is 13.6 Å². The summed E-state index contributed by atoms with van der Waals surface area (Å²) in [7, 11) is 0. The zero-order chi connectivity index (χ0) is 12.1. The van der Waals surface area contributed by atoms with Gasteiger partial charge in [-0.3, -0.25) is 4.79 Å². The molecule has 0 fully saturated rings. The van der Waals surface area contributed by atoms with Gasteiger partial charge in [0.25, 0.3) is 0 Å². The number of carbonyl (C=O) groups excluding carboxylic acids is 1. The highest BCUT2D eigenvalue weighted by Gasteiger charge is 2.12. The second-order valence-corrected chi connectivity index (χ2v) is 4.84. The lowest BCUT2D eigenvalue weighted by Crippen LogP contribution is -2.06. The number of alkyl halides is 3. The van der Waals surface area contributed by atoms with E-state index < -0.39 is 6.61 Å². The molecular formula is C10H8BrF2IO2. The third-order valence-corrected chi connectivity index (χ3v) is 3.12. The smallest absolute Gasteiger partial charge is 0.387 e. The maximum absolute atomic E-state index is 12.0. The van der Waals surface area contributed by atoms with Crippen LogP contribution in [0.3, 0.4) is 0 Å². The molecule has 0 atom stereocenters. The van der Waals surface area contributed by atoms with Gasteiger partial charge in [0.15, 0.2) is 5.78 Å². The van der Waals surface area contributed by atoms with Gasteiger partial charge in [-0.15, -0.1) is 0 Å².